The minimum atomic E-state index is -1.54. The first kappa shape index (κ1) is 29.9. The zero-order valence-electron chi connectivity index (χ0n) is 23.6. The molecule has 1 nitrogen and oxygen atoms in total. The van der Waals surface area contributed by atoms with Gasteiger partial charge in [0.05, 0.1) is 14.1 Å². The molecule has 0 fully saturated rings. The Balaban J connectivity index is 0.00000343. The van der Waals surface area contributed by atoms with E-state index >= 15 is 0 Å². The van der Waals surface area contributed by atoms with Gasteiger partial charge in [0.15, 0.2) is 34.9 Å². The van der Waals surface area contributed by atoms with E-state index in [9.17, 15) is 26.3 Å². The summed E-state index contributed by atoms with van der Waals surface area (Å²) < 4.78 is 86.8. The van der Waals surface area contributed by atoms with E-state index in [0.29, 0.717) is 28.7 Å². The summed E-state index contributed by atoms with van der Waals surface area (Å²) in [4.78, 5) is 0. The minimum Gasteiger partial charge on any atom is -1.00 e. The quantitative estimate of drug-likeness (QED) is 0.107. The monoisotopic (exact) mass is 663 g/mol. The van der Waals surface area contributed by atoms with Crippen LogP contribution in [0.2, 0.25) is 0 Å². The number of quaternary nitrogens is 1. The Morgan fingerprint density at radius 2 is 0.841 bits per heavy atom. The van der Waals surface area contributed by atoms with Crippen LogP contribution in [0.1, 0.15) is 11.1 Å². The molecule has 6 aromatic carbocycles. The fraction of sp³-hybridized carbons (Fsp3) is 0.111. The van der Waals surface area contributed by atoms with Gasteiger partial charge < -0.3 is 21.5 Å². The molecular weight excluding hydrogens is 640 g/mol. The average Bonchev–Trinajstić information content (AvgIpc) is 3.10. The van der Waals surface area contributed by atoms with Crippen molar-refractivity contribution in [1.29, 1.82) is 0 Å². The summed E-state index contributed by atoms with van der Waals surface area (Å²) in [6.07, 6.45) is 0. The Kier molecular flexibility index (Phi) is 7.33. The summed E-state index contributed by atoms with van der Waals surface area (Å²) in [6.45, 7) is 0.843. The standard InChI is InChI=1S/C36H24F6N.BrH/c1-43(2)17-27-25(21-13-29(37)35(41)30(38)14-21)11-19-7-3-5-9-23(19)33(27)34-24-10-6-4-8-20(24)12-26(28(34)18-43)22-15-31(39)36(42)32(40)16-22;/h3-16H,17-18H2,1-2H3;1H/q+1;/p-1. The van der Waals surface area contributed by atoms with Crippen molar-refractivity contribution in [3.05, 3.63) is 131 Å². The molecule has 0 N–H and O–H groups in total. The van der Waals surface area contributed by atoms with Crippen molar-refractivity contribution in [3.8, 4) is 33.4 Å². The molecule has 222 valence electrons. The number of nitrogens with zero attached hydrogens (tertiary/aromatic N) is 1. The van der Waals surface area contributed by atoms with Crippen molar-refractivity contribution in [2.45, 2.75) is 13.1 Å². The highest BCUT2D eigenvalue weighted by Gasteiger charge is 2.33. The lowest BCUT2D eigenvalue weighted by Crippen LogP contribution is -3.00. The predicted molar refractivity (Wildman–Crippen MR) is 157 cm³/mol. The lowest BCUT2D eigenvalue weighted by Gasteiger charge is -2.30. The van der Waals surface area contributed by atoms with E-state index in [0.717, 1.165) is 68.1 Å². The summed E-state index contributed by atoms with van der Waals surface area (Å²) in [6, 6.07) is 23.0. The zero-order valence-corrected chi connectivity index (χ0v) is 25.2. The predicted octanol–water partition coefficient (Wildman–Crippen LogP) is 6.92. The third-order valence-electron chi connectivity index (χ3n) is 8.33. The van der Waals surface area contributed by atoms with Gasteiger partial charge >= 0.3 is 0 Å². The summed E-state index contributed by atoms with van der Waals surface area (Å²) in [5.74, 6) is -8.21. The highest BCUT2D eigenvalue weighted by atomic mass is 79.9. The van der Waals surface area contributed by atoms with Crippen LogP contribution in [0, 0.1) is 34.9 Å². The Morgan fingerprint density at radius 3 is 1.20 bits per heavy atom. The summed E-state index contributed by atoms with van der Waals surface area (Å²) >= 11 is 0. The maximum atomic E-state index is 14.6. The molecule has 0 saturated heterocycles. The Morgan fingerprint density at radius 1 is 0.500 bits per heavy atom. The first-order chi connectivity index (χ1) is 20.5. The van der Waals surface area contributed by atoms with Crippen molar-refractivity contribution in [2.75, 3.05) is 14.1 Å². The Bertz CT molecular complexity index is 1940. The lowest BCUT2D eigenvalue weighted by molar-refractivity contribution is -0.916. The summed E-state index contributed by atoms with van der Waals surface area (Å²) in [5.41, 5.74) is 4.74. The van der Waals surface area contributed by atoms with Crippen LogP contribution in [-0.4, -0.2) is 18.6 Å². The topological polar surface area (TPSA) is 0 Å². The maximum absolute atomic E-state index is 14.6. The molecule has 0 atom stereocenters. The van der Waals surface area contributed by atoms with Crippen LogP contribution in [0.15, 0.2) is 84.9 Å². The zero-order chi connectivity index (χ0) is 30.2. The van der Waals surface area contributed by atoms with Crippen LogP contribution in [0.25, 0.3) is 54.9 Å². The van der Waals surface area contributed by atoms with E-state index in [-0.39, 0.29) is 28.1 Å². The van der Waals surface area contributed by atoms with Gasteiger partial charge in [0.25, 0.3) is 0 Å². The fourth-order valence-corrected chi connectivity index (χ4v) is 6.53. The second-order valence-corrected chi connectivity index (χ2v) is 11.8. The molecule has 1 aliphatic heterocycles. The second-order valence-electron chi connectivity index (χ2n) is 11.8. The van der Waals surface area contributed by atoms with Gasteiger partial charge in [-0.1, -0.05) is 48.5 Å². The lowest BCUT2D eigenvalue weighted by atomic mass is 9.82. The van der Waals surface area contributed by atoms with Crippen molar-refractivity contribution < 1.29 is 47.8 Å². The smallest absolute Gasteiger partial charge is 0.194 e. The van der Waals surface area contributed by atoms with Gasteiger partial charge in [0, 0.05) is 22.3 Å². The number of halogens is 7. The van der Waals surface area contributed by atoms with Crippen molar-refractivity contribution in [2.24, 2.45) is 0 Å². The molecule has 0 amide bonds. The van der Waals surface area contributed by atoms with E-state index in [4.69, 9.17) is 0 Å². The highest BCUT2D eigenvalue weighted by molar-refractivity contribution is 6.11. The van der Waals surface area contributed by atoms with E-state index in [1.165, 1.54) is 0 Å². The normalized spacial score (nSPS) is 13.7. The Hall–Kier alpha value is -4.14. The van der Waals surface area contributed by atoms with Crippen molar-refractivity contribution in [3.63, 3.8) is 0 Å². The minimum absolute atomic E-state index is 0. The summed E-state index contributed by atoms with van der Waals surface area (Å²) in [7, 11) is 3.99. The molecule has 0 bridgehead atoms. The molecular formula is C36H24BrF6N. The van der Waals surface area contributed by atoms with Crippen molar-refractivity contribution in [1.82, 2.24) is 0 Å². The number of rotatable bonds is 2. The van der Waals surface area contributed by atoms with Gasteiger partial charge in [-0.25, -0.2) is 26.3 Å². The van der Waals surface area contributed by atoms with Gasteiger partial charge in [0.1, 0.15) is 13.1 Å². The van der Waals surface area contributed by atoms with Crippen LogP contribution in [0.5, 0.6) is 0 Å². The first-order valence-corrected chi connectivity index (χ1v) is 13.7. The van der Waals surface area contributed by atoms with Crippen LogP contribution < -0.4 is 17.0 Å². The third kappa shape index (κ3) is 4.77. The number of hydrogen-bond donors (Lipinski definition) is 0. The maximum Gasteiger partial charge on any atom is 0.194 e. The average molecular weight is 664 g/mol. The van der Waals surface area contributed by atoms with Gasteiger partial charge in [0.2, 0.25) is 0 Å². The SMILES string of the molecule is C[N+]1(C)Cc2c(-c3cc(F)c(F)c(F)c3)cc3ccccc3c2-c2c(c(-c3cc(F)c(F)c(F)c3)cc3ccccc23)C1.[Br-]. The molecule has 0 radical (unpaired) electrons. The van der Waals surface area contributed by atoms with E-state index in [1.807, 2.05) is 74.8 Å². The third-order valence-corrected chi connectivity index (χ3v) is 8.33. The van der Waals surface area contributed by atoms with Crippen LogP contribution in [-0.2, 0) is 13.1 Å². The van der Waals surface area contributed by atoms with Crippen LogP contribution in [0.3, 0.4) is 0 Å². The second kappa shape index (κ2) is 10.8. The molecule has 44 heavy (non-hydrogen) atoms. The summed E-state index contributed by atoms with van der Waals surface area (Å²) in [5, 5.41) is 3.36. The molecule has 0 aromatic heterocycles. The molecule has 1 heterocycles. The van der Waals surface area contributed by atoms with Crippen LogP contribution in [0.4, 0.5) is 26.3 Å². The van der Waals surface area contributed by atoms with Crippen LogP contribution >= 0.6 is 0 Å². The van der Waals surface area contributed by atoms with Gasteiger partial charge in [-0.15, -0.1) is 0 Å². The highest BCUT2D eigenvalue weighted by Crippen LogP contribution is 2.49. The number of hydrogen-bond acceptors (Lipinski definition) is 0. The first-order valence-electron chi connectivity index (χ1n) is 13.7. The molecule has 1 aliphatic rings. The molecule has 7 rings (SSSR count). The van der Waals surface area contributed by atoms with Crippen molar-refractivity contribution >= 4 is 21.5 Å². The fourth-order valence-electron chi connectivity index (χ4n) is 6.53. The van der Waals surface area contributed by atoms with E-state index in [1.54, 1.807) is 0 Å². The largest absolute Gasteiger partial charge is 1.00 e. The Labute approximate surface area is 260 Å². The molecule has 8 heteroatoms. The molecule has 0 unspecified atom stereocenters. The van der Waals surface area contributed by atoms with E-state index in [2.05, 4.69) is 0 Å². The van der Waals surface area contributed by atoms with Gasteiger partial charge in [-0.2, -0.15) is 0 Å². The number of benzene rings is 6. The molecule has 0 aliphatic carbocycles. The molecule has 0 saturated carbocycles. The molecule has 6 aromatic rings. The number of fused-ring (bicyclic) bond motifs is 7. The van der Waals surface area contributed by atoms with Gasteiger partial charge in [-0.05, 0) is 80.2 Å². The van der Waals surface area contributed by atoms with Gasteiger partial charge in [-0.3, -0.25) is 0 Å². The van der Waals surface area contributed by atoms with E-state index < -0.39 is 34.9 Å². The molecule has 0 spiro atoms.